The highest BCUT2D eigenvalue weighted by molar-refractivity contribution is 5.76. The molecule has 0 aromatic carbocycles. The van der Waals surface area contributed by atoms with E-state index in [1.807, 2.05) is 0 Å². The highest BCUT2D eigenvalue weighted by Gasteiger charge is 2.37. The molecule has 1 atom stereocenters. The van der Waals surface area contributed by atoms with Gasteiger partial charge in [-0.05, 0) is 26.7 Å². The molecule has 0 spiro atoms. The van der Waals surface area contributed by atoms with Crippen molar-refractivity contribution in [3.8, 4) is 0 Å². The van der Waals surface area contributed by atoms with Gasteiger partial charge in [-0.25, -0.2) is 9.90 Å². The molecule has 1 N–H and O–H groups in total. The zero-order chi connectivity index (χ0) is 21.4. The Morgan fingerprint density at radius 2 is 1.93 bits per heavy atom. The van der Waals surface area contributed by atoms with Crippen LogP contribution >= 0.6 is 0 Å². The number of carbonyl (C=O) groups excluding carboxylic acids is 2. The number of amides is 1. The second kappa shape index (κ2) is 10.2. The van der Waals surface area contributed by atoms with E-state index in [4.69, 9.17) is 9.57 Å². The first kappa shape index (κ1) is 23.6. The maximum absolute atomic E-state index is 12.2. The molecular weight excluding hydrogens is 376 g/mol. The smallest absolute Gasteiger partial charge is 0.315 e. The largest absolute Gasteiger partial charge is 0.481 e. The van der Waals surface area contributed by atoms with E-state index in [0.717, 1.165) is 24.3 Å². The fraction of sp³-hybridized carbons (Fsp3) is 0.824. The number of carbonyl (C=O) groups is 3. The lowest BCUT2D eigenvalue weighted by Gasteiger charge is -2.39. The topological polar surface area (TPSA) is 146 Å². The lowest BCUT2D eigenvalue weighted by molar-refractivity contribution is -0.760. The average molecular weight is 404 g/mol. The summed E-state index contributed by atoms with van der Waals surface area (Å²) in [6.45, 7) is 3.78. The van der Waals surface area contributed by atoms with Gasteiger partial charge >= 0.3 is 11.9 Å². The number of aliphatic carboxylic acids is 1. The third-order valence-electron chi connectivity index (χ3n) is 4.69. The minimum absolute atomic E-state index is 0.0680. The van der Waals surface area contributed by atoms with Gasteiger partial charge in [0.2, 0.25) is 12.7 Å². The van der Waals surface area contributed by atoms with E-state index in [9.17, 15) is 29.6 Å². The summed E-state index contributed by atoms with van der Waals surface area (Å²) in [5.74, 6) is -1.75. The van der Waals surface area contributed by atoms with E-state index in [-0.39, 0.29) is 13.0 Å². The van der Waals surface area contributed by atoms with Crippen molar-refractivity contribution >= 4 is 18.3 Å². The molecule has 1 rings (SSSR count). The lowest BCUT2D eigenvalue weighted by atomic mass is 9.71. The van der Waals surface area contributed by atoms with Crippen LogP contribution in [-0.2, 0) is 28.8 Å². The Kier molecular flexibility index (Phi) is 8.61. The van der Waals surface area contributed by atoms with Gasteiger partial charge in [0.1, 0.15) is 6.61 Å². The number of esters is 1. The number of ether oxygens (including phenoxy) is 1. The molecular formula is C17H28N2O9. The second-order valence-corrected chi connectivity index (χ2v) is 7.77. The zero-order valence-electron chi connectivity index (χ0n) is 16.4. The normalized spacial score (nSPS) is 17.2. The van der Waals surface area contributed by atoms with Crippen LogP contribution in [0.5, 0.6) is 0 Å². The molecule has 0 aromatic rings. The number of hydrogen-bond donors (Lipinski definition) is 1. The molecule has 1 saturated carbocycles. The summed E-state index contributed by atoms with van der Waals surface area (Å²) in [6, 6.07) is 0. The molecule has 1 aliphatic carbocycles. The van der Waals surface area contributed by atoms with Crippen molar-refractivity contribution in [3.63, 3.8) is 0 Å². The molecule has 0 bridgehead atoms. The van der Waals surface area contributed by atoms with Crippen LogP contribution in [0.25, 0.3) is 0 Å². The standard InChI is InChI=1S/C17H28N2O9/c1-13(27-15(23)16(2,3)11-26-19(24)25)28-18(12-20)10-17(9-14(21)22)7-5-4-6-8-17/h12-13H,4-11H2,1-3H3,(H,21,22). The number of hydrogen-bond acceptors (Lipinski definition) is 8. The first-order valence-electron chi connectivity index (χ1n) is 9.09. The molecule has 160 valence electrons. The summed E-state index contributed by atoms with van der Waals surface area (Å²) in [5, 5.41) is 19.5. The van der Waals surface area contributed by atoms with E-state index in [2.05, 4.69) is 4.84 Å². The Bertz CT molecular complexity index is 573. The zero-order valence-corrected chi connectivity index (χ0v) is 16.4. The first-order chi connectivity index (χ1) is 13.0. The van der Waals surface area contributed by atoms with Crippen molar-refractivity contribution in [2.75, 3.05) is 13.2 Å². The van der Waals surface area contributed by atoms with Gasteiger partial charge < -0.3 is 14.7 Å². The Hall–Kier alpha value is -2.43. The van der Waals surface area contributed by atoms with Crippen molar-refractivity contribution < 1.29 is 39.0 Å². The van der Waals surface area contributed by atoms with Crippen LogP contribution in [0, 0.1) is 20.9 Å². The first-order valence-corrected chi connectivity index (χ1v) is 9.09. The number of nitrogens with zero attached hydrogens (tertiary/aromatic N) is 2. The van der Waals surface area contributed by atoms with Gasteiger partial charge in [-0.2, -0.15) is 0 Å². The number of hydroxylamine groups is 2. The van der Waals surface area contributed by atoms with Gasteiger partial charge in [0.15, 0.2) is 0 Å². The van der Waals surface area contributed by atoms with Crippen LogP contribution in [0.3, 0.4) is 0 Å². The average Bonchev–Trinajstić information content (AvgIpc) is 2.59. The summed E-state index contributed by atoms with van der Waals surface area (Å²) < 4.78 is 5.10. The van der Waals surface area contributed by atoms with Gasteiger partial charge in [0, 0.05) is 12.3 Å². The molecule has 0 aromatic heterocycles. The number of rotatable bonds is 12. The third kappa shape index (κ3) is 7.67. The maximum atomic E-state index is 12.2. The van der Waals surface area contributed by atoms with Crippen LogP contribution in [-0.4, -0.2) is 53.0 Å². The van der Waals surface area contributed by atoms with Crippen LogP contribution < -0.4 is 0 Å². The van der Waals surface area contributed by atoms with Gasteiger partial charge in [-0.3, -0.25) is 14.4 Å². The molecule has 11 nitrogen and oxygen atoms in total. The maximum Gasteiger partial charge on any atom is 0.315 e. The highest BCUT2D eigenvalue weighted by atomic mass is 17.0. The summed E-state index contributed by atoms with van der Waals surface area (Å²) in [5.41, 5.74) is -1.89. The van der Waals surface area contributed by atoms with Crippen molar-refractivity contribution in [3.05, 3.63) is 10.1 Å². The molecule has 1 amide bonds. The second-order valence-electron chi connectivity index (χ2n) is 7.77. The van der Waals surface area contributed by atoms with Crippen molar-refractivity contribution in [2.45, 2.75) is 65.6 Å². The molecule has 0 radical (unpaired) electrons. The molecule has 1 aliphatic rings. The van der Waals surface area contributed by atoms with E-state index in [0.29, 0.717) is 19.3 Å². The van der Waals surface area contributed by atoms with Crippen molar-refractivity contribution in [1.82, 2.24) is 5.06 Å². The van der Waals surface area contributed by atoms with Crippen molar-refractivity contribution in [2.24, 2.45) is 10.8 Å². The Labute approximate surface area is 163 Å². The molecule has 0 aliphatic heterocycles. The summed E-state index contributed by atoms with van der Waals surface area (Å²) in [6.07, 6.45) is 3.25. The third-order valence-corrected chi connectivity index (χ3v) is 4.69. The molecule has 11 heteroatoms. The van der Waals surface area contributed by atoms with Gasteiger partial charge in [-0.15, -0.1) is 10.1 Å². The fourth-order valence-corrected chi connectivity index (χ4v) is 3.24. The molecule has 1 fully saturated rings. The van der Waals surface area contributed by atoms with E-state index in [1.165, 1.54) is 20.8 Å². The minimum Gasteiger partial charge on any atom is -0.481 e. The predicted octanol–water partition coefficient (Wildman–Crippen LogP) is 1.93. The SMILES string of the molecule is CC(OC(=O)C(C)(C)CO[N+](=O)[O-])ON(C=O)CC1(CC(=O)O)CCCCC1. The molecule has 28 heavy (non-hydrogen) atoms. The van der Waals surface area contributed by atoms with Gasteiger partial charge in [0.25, 0.3) is 5.09 Å². The van der Waals surface area contributed by atoms with Crippen LogP contribution in [0.2, 0.25) is 0 Å². The van der Waals surface area contributed by atoms with Crippen LogP contribution in [0.15, 0.2) is 0 Å². The van der Waals surface area contributed by atoms with Crippen molar-refractivity contribution in [1.29, 1.82) is 0 Å². The van der Waals surface area contributed by atoms with Gasteiger partial charge in [-0.1, -0.05) is 19.3 Å². The molecule has 0 heterocycles. The molecule has 1 unspecified atom stereocenters. The number of carboxylic acids is 1. The van der Waals surface area contributed by atoms with E-state index >= 15 is 0 Å². The Morgan fingerprint density at radius 1 is 1.32 bits per heavy atom. The Balaban J connectivity index is 2.67. The quantitative estimate of drug-likeness (QED) is 0.169. The highest BCUT2D eigenvalue weighted by Crippen LogP contribution is 2.40. The van der Waals surface area contributed by atoms with E-state index < -0.39 is 40.8 Å². The summed E-state index contributed by atoms with van der Waals surface area (Å²) in [7, 11) is 0. The van der Waals surface area contributed by atoms with E-state index in [1.54, 1.807) is 0 Å². The molecule has 0 saturated heterocycles. The monoisotopic (exact) mass is 404 g/mol. The summed E-state index contributed by atoms with van der Waals surface area (Å²) >= 11 is 0. The van der Waals surface area contributed by atoms with Gasteiger partial charge in [0.05, 0.1) is 18.4 Å². The fourth-order valence-electron chi connectivity index (χ4n) is 3.24. The Morgan fingerprint density at radius 3 is 2.43 bits per heavy atom. The minimum atomic E-state index is -1.30. The van der Waals surface area contributed by atoms with Crippen LogP contribution in [0.4, 0.5) is 0 Å². The predicted molar refractivity (Wildman–Crippen MR) is 93.9 cm³/mol. The lowest BCUT2D eigenvalue weighted by Crippen LogP contribution is -2.43. The number of carboxylic acid groups (broad SMARTS) is 1. The summed E-state index contributed by atoms with van der Waals surface area (Å²) in [4.78, 5) is 54.7. The van der Waals surface area contributed by atoms with Crippen LogP contribution in [0.1, 0.15) is 59.3 Å².